The van der Waals surface area contributed by atoms with Crippen molar-refractivity contribution in [3.63, 3.8) is 0 Å². The Kier molecular flexibility index (Phi) is 10.00. The van der Waals surface area contributed by atoms with Crippen LogP contribution in [0.4, 0.5) is 4.79 Å². The molecule has 0 aromatic carbocycles. The van der Waals surface area contributed by atoms with E-state index in [1.54, 1.807) is 0 Å². The summed E-state index contributed by atoms with van der Waals surface area (Å²) in [6, 6.07) is 0. The van der Waals surface area contributed by atoms with Gasteiger partial charge in [-0.05, 0) is 12.8 Å². The normalized spacial score (nSPS) is 10.2. The van der Waals surface area contributed by atoms with Gasteiger partial charge >= 0.3 is 6.09 Å². The number of nitrogens with one attached hydrogen (secondary N) is 2. The molecule has 0 rings (SSSR count). The second-order valence-electron chi connectivity index (χ2n) is 3.56. The number of carbonyl (C=O) groups is 2. The second kappa shape index (κ2) is 11.0. The van der Waals surface area contributed by atoms with Gasteiger partial charge in [-0.3, -0.25) is 4.79 Å². The third-order valence-electron chi connectivity index (χ3n) is 2.08. The van der Waals surface area contributed by atoms with E-state index in [1.165, 1.54) is 19.9 Å². The topological polar surface area (TPSA) is 67.4 Å². The van der Waals surface area contributed by atoms with E-state index >= 15 is 0 Å². The fourth-order valence-electron chi connectivity index (χ4n) is 1.07. The molecule has 0 fully saturated rings. The first-order valence-corrected chi connectivity index (χ1v) is 5.97. The Labute approximate surface area is 103 Å². The van der Waals surface area contributed by atoms with Gasteiger partial charge in [-0.2, -0.15) is 0 Å². The van der Waals surface area contributed by atoms with Crippen molar-refractivity contribution in [3.8, 4) is 0 Å². The predicted octanol–water partition coefficient (Wildman–Crippen LogP) is 1.60. The standard InChI is InChI=1S/C12H22N2O3/c1-3-4-5-6-7-8-9-17-12(16)14-10-11(15)13-2/h6-7H,3-5,8-10H2,1-2H3,(H,13,15)(H,14,16)/b7-6-. The summed E-state index contributed by atoms with van der Waals surface area (Å²) in [6.45, 7) is 2.43. The molecule has 98 valence electrons. The molecule has 2 amide bonds. The number of hydrogen-bond acceptors (Lipinski definition) is 3. The van der Waals surface area contributed by atoms with E-state index in [4.69, 9.17) is 4.74 Å². The average molecular weight is 242 g/mol. The number of unbranched alkanes of at least 4 members (excludes halogenated alkanes) is 2. The predicted molar refractivity (Wildman–Crippen MR) is 66.7 cm³/mol. The van der Waals surface area contributed by atoms with Gasteiger partial charge in [-0.15, -0.1) is 0 Å². The molecule has 5 heteroatoms. The summed E-state index contributed by atoms with van der Waals surface area (Å²) in [5, 5.41) is 4.74. The number of likely N-dealkylation sites (N-methyl/N-ethyl adjacent to an activating group) is 1. The molecule has 0 unspecified atom stereocenters. The van der Waals surface area contributed by atoms with Gasteiger partial charge < -0.3 is 15.4 Å². The molecule has 0 aromatic heterocycles. The molecule has 0 aliphatic heterocycles. The molecule has 0 aromatic rings. The average Bonchev–Trinajstić information content (AvgIpc) is 2.34. The van der Waals surface area contributed by atoms with E-state index in [0.717, 1.165) is 6.42 Å². The highest BCUT2D eigenvalue weighted by atomic mass is 16.5. The van der Waals surface area contributed by atoms with Gasteiger partial charge in [0, 0.05) is 7.05 Å². The van der Waals surface area contributed by atoms with E-state index in [-0.39, 0.29) is 12.5 Å². The molecule has 0 heterocycles. The lowest BCUT2D eigenvalue weighted by molar-refractivity contribution is -0.119. The Morgan fingerprint density at radius 2 is 1.94 bits per heavy atom. The molecular weight excluding hydrogens is 220 g/mol. The van der Waals surface area contributed by atoms with Gasteiger partial charge in [0.25, 0.3) is 0 Å². The van der Waals surface area contributed by atoms with Crippen molar-refractivity contribution in [1.82, 2.24) is 10.6 Å². The molecule has 0 spiro atoms. The summed E-state index contributed by atoms with van der Waals surface area (Å²) in [5.41, 5.74) is 0. The van der Waals surface area contributed by atoms with E-state index in [9.17, 15) is 9.59 Å². The summed E-state index contributed by atoms with van der Waals surface area (Å²) < 4.78 is 4.86. The van der Waals surface area contributed by atoms with E-state index in [0.29, 0.717) is 13.0 Å². The van der Waals surface area contributed by atoms with Crippen LogP contribution < -0.4 is 10.6 Å². The van der Waals surface area contributed by atoms with Crippen LogP contribution in [0.2, 0.25) is 0 Å². The summed E-state index contributed by atoms with van der Waals surface area (Å²) in [6.07, 6.45) is 7.68. The van der Waals surface area contributed by atoms with Crippen molar-refractivity contribution in [2.24, 2.45) is 0 Å². The number of alkyl carbamates (subject to hydrolysis) is 1. The number of amides is 2. The van der Waals surface area contributed by atoms with Crippen LogP contribution in [-0.4, -0.2) is 32.2 Å². The van der Waals surface area contributed by atoms with Gasteiger partial charge in [-0.25, -0.2) is 4.79 Å². The van der Waals surface area contributed by atoms with Crippen molar-refractivity contribution < 1.29 is 14.3 Å². The van der Waals surface area contributed by atoms with Crippen LogP contribution in [0, 0.1) is 0 Å². The van der Waals surface area contributed by atoms with Gasteiger partial charge in [0.05, 0.1) is 13.2 Å². The Hall–Kier alpha value is -1.52. The minimum atomic E-state index is -0.560. The van der Waals surface area contributed by atoms with E-state index in [2.05, 4.69) is 23.6 Å². The Morgan fingerprint density at radius 1 is 1.24 bits per heavy atom. The molecule has 17 heavy (non-hydrogen) atoms. The smallest absolute Gasteiger partial charge is 0.407 e. The SMILES string of the molecule is CCCC/C=C\CCOC(=O)NCC(=O)NC. The van der Waals surface area contributed by atoms with E-state index < -0.39 is 6.09 Å². The fraction of sp³-hybridized carbons (Fsp3) is 0.667. The van der Waals surface area contributed by atoms with Crippen molar-refractivity contribution in [2.45, 2.75) is 32.6 Å². The Balaban J connectivity index is 3.39. The lowest BCUT2D eigenvalue weighted by Crippen LogP contribution is -2.35. The van der Waals surface area contributed by atoms with Gasteiger partial charge in [-0.1, -0.05) is 31.9 Å². The molecule has 0 aliphatic carbocycles. The Morgan fingerprint density at radius 3 is 2.59 bits per heavy atom. The van der Waals surface area contributed by atoms with Crippen LogP contribution in [0.25, 0.3) is 0 Å². The van der Waals surface area contributed by atoms with Crippen molar-refractivity contribution in [2.75, 3.05) is 20.2 Å². The van der Waals surface area contributed by atoms with Crippen molar-refractivity contribution in [3.05, 3.63) is 12.2 Å². The Bertz CT molecular complexity index is 252. The van der Waals surface area contributed by atoms with E-state index in [1.807, 2.05) is 6.08 Å². The molecule has 0 aliphatic rings. The summed E-state index contributed by atoms with van der Waals surface area (Å²) in [5.74, 6) is -0.249. The van der Waals surface area contributed by atoms with Crippen LogP contribution in [0.3, 0.4) is 0 Å². The van der Waals surface area contributed by atoms with Crippen LogP contribution in [0.15, 0.2) is 12.2 Å². The highest BCUT2D eigenvalue weighted by Gasteiger charge is 2.03. The molecule has 0 radical (unpaired) electrons. The molecule has 5 nitrogen and oxygen atoms in total. The van der Waals surface area contributed by atoms with Gasteiger partial charge in [0.1, 0.15) is 0 Å². The molecule has 0 saturated carbocycles. The number of ether oxygens (including phenoxy) is 1. The lowest BCUT2D eigenvalue weighted by atomic mass is 10.2. The fourth-order valence-corrected chi connectivity index (χ4v) is 1.07. The van der Waals surface area contributed by atoms with Crippen molar-refractivity contribution >= 4 is 12.0 Å². The van der Waals surface area contributed by atoms with Gasteiger partial charge in [0.15, 0.2) is 0 Å². The first-order chi connectivity index (χ1) is 8.20. The zero-order valence-corrected chi connectivity index (χ0v) is 10.6. The van der Waals surface area contributed by atoms with Crippen LogP contribution in [0.1, 0.15) is 32.6 Å². The van der Waals surface area contributed by atoms with Gasteiger partial charge in [0.2, 0.25) is 5.91 Å². The first-order valence-electron chi connectivity index (χ1n) is 5.97. The highest BCUT2D eigenvalue weighted by molar-refractivity contribution is 5.81. The molecule has 0 bridgehead atoms. The van der Waals surface area contributed by atoms with Crippen molar-refractivity contribution in [1.29, 1.82) is 0 Å². The molecular formula is C12H22N2O3. The van der Waals surface area contributed by atoms with Crippen LogP contribution in [-0.2, 0) is 9.53 Å². The maximum Gasteiger partial charge on any atom is 0.407 e. The highest BCUT2D eigenvalue weighted by Crippen LogP contribution is 1.96. The maximum atomic E-state index is 11.1. The zero-order chi connectivity index (χ0) is 12.9. The summed E-state index contributed by atoms with van der Waals surface area (Å²) in [4.78, 5) is 21.9. The third-order valence-corrected chi connectivity index (χ3v) is 2.08. The molecule has 0 saturated heterocycles. The lowest BCUT2D eigenvalue weighted by Gasteiger charge is -2.04. The number of allylic oxidation sites excluding steroid dienone is 1. The molecule has 0 atom stereocenters. The number of rotatable bonds is 8. The number of carbonyl (C=O) groups excluding carboxylic acids is 2. The maximum absolute atomic E-state index is 11.1. The van der Waals surface area contributed by atoms with Crippen LogP contribution >= 0.6 is 0 Å². The second-order valence-corrected chi connectivity index (χ2v) is 3.56. The first kappa shape index (κ1) is 15.5. The third kappa shape index (κ3) is 10.8. The monoisotopic (exact) mass is 242 g/mol. The zero-order valence-electron chi connectivity index (χ0n) is 10.6. The quantitative estimate of drug-likeness (QED) is 0.502. The summed E-state index contributed by atoms with van der Waals surface area (Å²) >= 11 is 0. The molecule has 2 N–H and O–H groups in total. The minimum absolute atomic E-state index is 0.0539. The largest absolute Gasteiger partial charge is 0.449 e. The minimum Gasteiger partial charge on any atom is -0.449 e. The number of hydrogen-bond donors (Lipinski definition) is 2. The van der Waals surface area contributed by atoms with Crippen LogP contribution in [0.5, 0.6) is 0 Å². The summed E-state index contributed by atoms with van der Waals surface area (Å²) in [7, 11) is 1.51.